The number of anilines is 1. The first-order valence-electron chi connectivity index (χ1n) is 5.27. The SMILES string of the molecule is CS(=O)CCn1c(CO)nc2cc(N)ccc21. The molecule has 1 unspecified atom stereocenters. The van der Waals surface area contributed by atoms with Gasteiger partial charge < -0.3 is 15.4 Å². The van der Waals surface area contributed by atoms with E-state index in [1.165, 1.54) is 0 Å². The Kier molecular flexibility index (Phi) is 3.44. The molecule has 3 N–H and O–H groups in total. The maximum absolute atomic E-state index is 11.1. The molecule has 0 aliphatic heterocycles. The molecule has 1 aromatic heterocycles. The van der Waals surface area contributed by atoms with Crippen LogP contribution < -0.4 is 5.73 Å². The van der Waals surface area contributed by atoms with Gasteiger partial charge in [-0.1, -0.05) is 0 Å². The summed E-state index contributed by atoms with van der Waals surface area (Å²) >= 11 is 0. The summed E-state index contributed by atoms with van der Waals surface area (Å²) in [5.74, 6) is 1.12. The van der Waals surface area contributed by atoms with Crippen molar-refractivity contribution in [3.63, 3.8) is 0 Å². The van der Waals surface area contributed by atoms with Crippen LogP contribution >= 0.6 is 0 Å². The number of aromatic nitrogens is 2. The van der Waals surface area contributed by atoms with Crippen molar-refractivity contribution < 1.29 is 9.32 Å². The lowest BCUT2D eigenvalue weighted by Crippen LogP contribution is -2.09. The van der Waals surface area contributed by atoms with E-state index in [2.05, 4.69) is 4.98 Å². The molecule has 0 fully saturated rings. The number of aliphatic hydroxyl groups is 1. The van der Waals surface area contributed by atoms with Gasteiger partial charge in [0.2, 0.25) is 0 Å². The van der Waals surface area contributed by atoms with Gasteiger partial charge in [-0.25, -0.2) is 4.98 Å². The second-order valence-corrected chi connectivity index (χ2v) is 5.42. The van der Waals surface area contributed by atoms with Gasteiger partial charge in [0.1, 0.15) is 12.4 Å². The Hall–Kier alpha value is -1.40. The molecule has 0 radical (unpaired) electrons. The summed E-state index contributed by atoms with van der Waals surface area (Å²) in [6.07, 6.45) is 1.66. The molecule has 2 aromatic rings. The molecular weight excluding hydrogens is 238 g/mol. The lowest BCUT2D eigenvalue weighted by Gasteiger charge is -2.06. The molecule has 0 aliphatic carbocycles. The van der Waals surface area contributed by atoms with Crippen molar-refractivity contribution in [1.82, 2.24) is 9.55 Å². The Morgan fingerprint density at radius 2 is 2.29 bits per heavy atom. The summed E-state index contributed by atoms with van der Waals surface area (Å²) in [6, 6.07) is 5.44. The van der Waals surface area contributed by atoms with Gasteiger partial charge in [0.15, 0.2) is 0 Å². The van der Waals surface area contributed by atoms with Crippen molar-refractivity contribution in [1.29, 1.82) is 0 Å². The maximum Gasteiger partial charge on any atom is 0.135 e. The number of nitrogens with two attached hydrogens (primary N) is 1. The van der Waals surface area contributed by atoms with Gasteiger partial charge >= 0.3 is 0 Å². The first-order chi connectivity index (χ1) is 8.11. The van der Waals surface area contributed by atoms with Crippen LogP contribution in [0.5, 0.6) is 0 Å². The summed E-state index contributed by atoms with van der Waals surface area (Å²) in [7, 11) is -0.863. The first-order valence-corrected chi connectivity index (χ1v) is 7.00. The summed E-state index contributed by atoms with van der Waals surface area (Å²) < 4.78 is 13.0. The minimum atomic E-state index is -0.863. The second-order valence-electron chi connectivity index (χ2n) is 3.86. The smallest absolute Gasteiger partial charge is 0.135 e. The molecule has 0 saturated carbocycles. The number of rotatable bonds is 4. The highest BCUT2D eigenvalue weighted by Crippen LogP contribution is 2.19. The van der Waals surface area contributed by atoms with Crippen molar-refractivity contribution in [3.8, 4) is 0 Å². The van der Waals surface area contributed by atoms with Gasteiger partial charge in [0.05, 0.1) is 11.0 Å². The highest BCUT2D eigenvalue weighted by Gasteiger charge is 2.10. The van der Waals surface area contributed by atoms with Gasteiger partial charge in [-0.3, -0.25) is 4.21 Å². The normalized spacial score (nSPS) is 13.1. The van der Waals surface area contributed by atoms with E-state index in [0.29, 0.717) is 23.8 Å². The van der Waals surface area contributed by atoms with Gasteiger partial charge in [0, 0.05) is 35.0 Å². The fourth-order valence-electron chi connectivity index (χ4n) is 1.79. The van der Waals surface area contributed by atoms with Crippen LogP contribution in [0.25, 0.3) is 11.0 Å². The van der Waals surface area contributed by atoms with Crippen molar-refractivity contribution >= 4 is 27.5 Å². The molecule has 0 spiro atoms. The molecule has 1 heterocycles. The highest BCUT2D eigenvalue weighted by molar-refractivity contribution is 7.84. The van der Waals surface area contributed by atoms with Crippen molar-refractivity contribution in [2.45, 2.75) is 13.2 Å². The second kappa shape index (κ2) is 4.85. The topological polar surface area (TPSA) is 81.1 Å². The molecule has 0 aliphatic rings. The van der Waals surface area contributed by atoms with Crippen LogP contribution in [0.3, 0.4) is 0 Å². The summed E-state index contributed by atoms with van der Waals surface area (Å²) in [6.45, 7) is 0.449. The number of nitrogens with zero attached hydrogens (tertiary/aromatic N) is 2. The monoisotopic (exact) mass is 253 g/mol. The van der Waals surface area contributed by atoms with E-state index in [4.69, 9.17) is 5.73 Å². The van der Waals surface area contributed by atoms with Crippen molar-refractivity contribution in [3.05, 3.63) is 24.0 Å². The zero-order chi connectivity index (χ0) is 12.4. The quantitative estimate of drug-likeness (QED) is 0.777. The summed E-state index contributed by atoms with van der Waals surface area (Å²) in [4.78, 5) is 4.30. The lowest BCUT2D eigenvalue weighted by molar-refractivity contribution is 0.266. The Morgan fingerprint density at radius 3 is 2.94 bits per heavy atom. The van der Waals surface area contributed by atoms with Gasteiger partial charge in [-0.05, 0) is 18.2 Å². The minimum absolute atomic E-state index is 0.134. The fourth-order valence-corrected chi connectivity index (χ4v) is 2.23. The predicted octanol–water partition coefficient (Wildman–Crippen LogP) is 0.489. The van der Waals surface area contributed by atoms with Crippen LogP contribution in [0.2, 0.25) is 0 Å². The molecule has 0 amide bonds. The molecule has 0 bridgehead atoms. The van der Waals surface area contributed by atoms with Crippen LogP contribution in [0.1, 0.15) is 5.82 Å². The molecule has 5 nitrogen and oxygen atoms in total. The average molecular weight is 253 g/mol. The third-order valence-corrected chi connectivity index (χ3v) is 3.35. The van der Waals surface area contributed by atoms with Crippen LogP contribution in [0.15, 0.2) is 18.2 Å². The average Bonchev–Trinajstić information content (AvgIpc) is 2.63. The highest BCUT2D eigenvalue weighted by atomic mass is 32.2. The zero-order valence-electron chi connectivity index (χ0n) is 9.59. The van der Waals surface area contributed by atoms with Gasteiger partial charge in [-0.2, -0.15) is 0 Å². The summed E-state index contributed by atoms with van der Waals surface area (Å²) in [5.41, 5.74) is 8.00. The standard InChI is InChI=1S/C11H15N3O2S/c1-17(16)5-4-14-10-3-2-8(12)6-9(10)13-11(14)7-15/h2-3,6,15H,4-5,7,12H2,1H3. The van der Waals surface area contributed by atoms with Crippen LogP contribution in [0, 0.1) is 0 Å². The molecule has 6 heteroatoms. The third-order valence-electron chi connectivity index (χ3n) is 2.60. The number of aryl methyl sites for hydroxylation is 1. The van der Waals surface area contributed by atoms with E-state index in [0.717, 1.165) is 11.0 Å². The number of benzene rings is 1. The maximum atomic E-state index is 11.1. The number of nitrogen functional groups attached to an aromatic ring is 1. The number of aliphatic hydroxyl groups excluding tert-OH is 1. The Balaban J connectivity index is 2.47. The molecular formula is C11H15N3O2S. The van der Waals surface area contributed by atoms with Crippen molar-refractivity contribution in [2.75, 3.05) is 17.7 Å². The molecule has 2 rings (SSSR count). The molecule has 1 atom stereocenters. The van der Waals surface area contributed by atoms with E-state index in [1.807, 2.05) is 10.6 Å². The first kappa shape index (κ1) is 12.1. The van der Waals surface area contributed by atoms with E-state index in [-0.39, 0.29) is 6.61 Å². The van der Waals surface area contributed by atoms with Crippen LogP contribution in [-0.2, 0) is 24.0 Å². The van der Waals surface area contributed by atoms with E-state index in [1.54, 1.807) is 18.4 Å². The van der Waals surface area contributed by atoms with E-state index < -0.39 is 10.8 Å². The van der Waals surface area contributed by atoms with Crippen LogP contribution in [0.4, 0.5) is 5.69 Å². The number of fused-ring (bicyclic) bond motifs is 1. The zero-order valence-corrected chi connectivity index (χ0v) is 10.4. The van der Waals surface area contributed by atoms with E-state index >= 15 is 0 Å². The Morgan fingerprint density at radius 1 is 1.53 bits per heavy atom. The number of hydrogen-bond donors (Lipinski definition) is 2. The molecule has 17 heavy (non-hydrogen) atoms. The fraction of sp³-hybridized carbons (Fsp3) is 0.364. The van der Waals surface area contributed by atoms with Gasteiger partial charge in [0.25, 0.3) is 0 Å². The number of hydrogen-bond acceptors (Lipinski definition) is 4. The van der Waals surface area contributed by atoms with Gasteiger partial charge in [-0.15, -0.1) is 0 Å². The Bertz CT molecular complexity index is 565. The predicted molar refractivity (Wildman–Crippen MR) is 69.0 cm³/mol. The number of imidazole rings is 1. The summed E-state index contributed by atoms with van der Waals surface area (Å²) in [5, 5.41) is 9.26. The Labute approximate surface area is 102 Å². The van der Waals surface area contributed by atoms with Crippen molar-refractivity contribution in [2.24, 2.45) is 0 Å². The third kappa shape index (κ3) is 2.48. The van der Waals surface area contributed by atoms with E-state index in [9.17, 15) is 9.32 Å². The minimum Gasteiger partial charge on any atom is -0.399 e. The largest absolute Gasteiger partial charge is 0.399 e. The molecule has 1 aromatic carbocycles. The molecule has 0 saturated heterocycles. The van der Waals surface area contributed by atoms with Crippen LogP contribution in [-0.4, -0.2) is 30.9 Å². The molecule has 92 valence electrons. The lowest BCUT2D eigenvalue weighted by atomic mass is 10.3.